The lowest BCUT2D eigenvalue weighted by molar-refractivity contribution is 0.313. The molecule has 2 heterocycles. The van der Waals surface area contributed by atoms with E-state index in [1.165, 1.54) is 0 Å². The quantitative estimate of drug-likeness (QED) is 0.138. The van der Waals surface area contributed by atoms with E-state index in [4.69, 9.17) is 0 Å². The zero-order chi connectivity index (χ0) is 26.3. The second kappa shape index (κ2) is 9.79. The average molecular weight is 497 g/mol. The minimum atomic E-state index is -1.29. The van der Waals surface area contributed by atoms with Gasteiger partial charge in [-0.2, -0.15) is 0 Å². The number of pyridine rings is 2. The maximum atomic E-state index is 15.8. The number of fused-ring (bicyclic) bond motifs is 3. The number of nitrogens with zero attached hydrogens (tertiary/aromatic N) is 2. The smallest absolute Gasteiger partial charge is 0.166 e. The van der Waals surface area contributed by atoms with E-state index in [0.29, 0.717) is 31.2 Å². The Morgan fingerprint density at radius 2 is 1.25 bits per heavy atom. The van der Waals surface area contributed by atoms with E-state index in [1.54, 1.807) is 53.1 Å². The van der Waals surface area contributed by atoms with Crippen LogP contribution in [0.2, 0.25) is 0 Å². The van der Waals surface area contributed by atoms with Crippen LogP contribution in [0.4, 0.5) is 17.6 Å². The summed E-state index contributed by atoms with van der Waals surface area (Å²) in [7, 11) is 0. The molecular weight excluding hydrogens is 464 g/mol. The summed E-state index contributed by atoms with van der Waals surface area (Å²) in [6, 6.07) is 9.44. The van der Waals surface area contributed by atoms with Gasteiger partial charge in [-0.05, 0) is 55.2 Å². The number of aromatic nitrogens is 2. The highest BCUT2D eigenvalue weighted by Gasteiger charge is 2.42. The predicted molar refractivity (Wildman–Crippen MR) is 137 cm³/mol. The lowest BCUT2D eigenvalue weighted by Crippen LogP contribution is -2.33. The highest BCUT2D eigenvalue weighted by molar-refractivity contribution is 6.03. The van der Waals surface area contributed by atoms with E-state index in [0.717, 1.165) is 21.9 Å². The third-order valence-electron chi connectivity index (χ3n) is 8.41. The Morgan fingerprint density at radius 3 is 1.83 bits per heavy atom. The maximum absolute atomic E-state index is 15.8. The predicted octanol–water partition coefficient (Wildman–Crippen LogP) is 8.72. The van der Waals surface area contributed by atoms with E-state index in [-0.39, 0.29) is 6.42 Å². The van der Waals surface area contributed by atoms with Gasteiger partial charge in [0.05, 0.1) is 11.0 Å². The van der Waals surface area contributed by atoms with Crippen LogP contribution in [-0.2, 0) is 17.3 Å². The normalized spacial score (nSPS) is 12.6. The summed E-state index contributed by atoms with van der Waals surface area (Å²) >= 11 is 0. The van der Waals surface area contributed by atoms with Gasteiger partial charge in [-0.3, -0.25) is 9.97 Å². The first kappa shape index (κ1) is 26.1. The Bertz CT molecular complexity index is 1390. The molecule has 2 nitrogen and oxygen atoms in total. The molecule has 190 valence electrons. The van der Waals surface area contributed by atoms with E-state index in [2.05, 4.69) is 9.97 Å². The van der Waals surface area contributed by atoms with E-state index >= 15 is 17.6 Å². The molecular formula is C30H32F4N2. The van der Waals surface area contributed by atoms with Crippen molar-refractivity contribution in [3.8, 4) is 0 Å². The molecule has 0 aliphatic rings. The lowest BCUT2D eigenvalue weighted by atomic mass is 9.69. The van der Waals surface area contributed by atoms with Gasteiger partial charge in [0.15, 0.2) is 23.3 Å². The molecule has 0 N–H and O–H groups in total. The van der Waals surface area contributed by atoms with E-state index in [9.17, 15) is 0 Å². The number of hydrogen-bond donors (Lipinski definition) is 0. The van der Waals surface area contributed by atoms with Crippen molar-refractivity contribution in [2.24, 2.45) is 0 Å². The van der Waals surface area contributed by atoms with Gasteiger partial charge in [0, 0.05) is 39.7 Å². The zero-order valence-electron chi connectivity index (χ0n) is 21.5. The average Bonchev–Trinajstić information content (AvgIpc) is 2.91. The minimum absolute atomic E-state index is 0.197. The topological polar surface area (TPSA) is 25.8 Å². The van der Waals surface area contributed by atoms with Crippen molar-refractivity contribution in [1.82, 2.24) is 9.97 Å². The Balaban J connectivity index is 1.94. The molecule has 2 aromatic carbocycles. The molecule has 0 radical (unpaired) electrons. The Kier molecular flexibility index (Phi) is 7.09. The first-order chi connectivity index (χ1) is 17.2. The first-order valence-electron chi connectivity index (χ1n) is 12.7. The summed E-state index contributed by atoms with van der Waals surface area (Å²) in [5, 5.41) is 1.73. The molecule has 0 atom stereocenters. The summed E-state index contributed by atoms with van der Waals surface area (Å²) in [4.78, 5) is 8.98. The van der Waals surface area contributed by atoms with Gasteiger partial charge in [0.1, 0.15) is 0 Å². The van der Waals surface area contributed by atoms with Crippen molar-refractivity contribution in [1.29, 1.82) is 0 Å². The Hall–Kier alpha value is -3.02. The van der Waals surface area contributed by atoms with Crippen LogP contribution in [0.25, 0.3) is 21.8 Å². The molecule has 0 bridgehead atoms. The van der Waals surface area contributed by atoms with Crippen LogP contribution in [0.5, 0.6) is 0 Å². The van der Waals surface area contributed by atoms with Crippen LogP contribution >= 0.6 is 0 Å². The fraction of sp³-hybridized carbons (Fsp3) is 0.400. The van der Waals surface area contributed by atoms with Crippen molar-refractivity contribution in [3.05, 3.63) is 82.7 Å². The first-order valence-corrected chi connectivity index (χ1v) is 12.7. The summed E-state index contributed by atoms with van der Waals surface area (Å²) < 4.78 is 62.7. The van der Waals surface area contributed by atoms with Crippen molar-refractivity contribution in [3.63, 3.8) is 0 Å². The molecule has 0 aliphatic carbocycles. The number of hydrogen-bond acceptors (Lipinski definition) is 2. The van der Waals surface area contributed by atoms with Crippen molar-refractivity contribution >= 4 is 21.8 Å². The van der Waals surface area contributed by atoms with Crippen molar-refractivity contribution in [2.75, 3.05) is 0 Å². The zero-order valence-corrected chi connectivity index (χ0v) is 21.5. The maximum Gasteiger partial charge on any atom is 0.166 e. The standard InChI is InChI=1S/C30H32F4N2/c1-6-29(5,7-2)21-23(31)25(33)22(26(34)24(21)32)30(8-3,9-4)17-19-14-16-36-28-20(19)13-12-18-11-10-15-35-27(18)28/h10-16H,6-9,17H2,1-5H3. The van der Waals surface area contributed by atoms with Gasteiger partial charge >= 0.3 is 0 Å². The fourth-order valence-electron chi connectivity index (χ4n) is 5.50. The van der Waals surface area contributed by atoms with Crippen LogP contribution in [-0.4, -0.2) is 9.97 Å². The molecule has 0 amide bonds. The third kappa shape index (κ3) is 3.95. The Labute approximate surface area is 209 Å². The van der Waals surface area contributed by atoms with Gasteiger partial charge in [-0.1, -0.05) is 52.8 Å². The number of halogens is 4. The van der Waals surface area contributed by atoms with Crippen LogP contribution in [0.15, 0.2) is 42.7 Å². The van der Waals surface area contributed by atoms with Gasteiger partial charge in [-0.15, -0.1) is 0 Å². The van der Waals surface area contributed by atoms with Crippen LogP contribution in [0.3, 0.4) is 0 Å². The van der Waals surface area contributed by atoms with Crippen molar-refractivity contribution in [2.45, 2.75) is 77.6 Å². The van der Waals surface area contributed by atoms with Gasteiger partial charge in [0.2, 0.25) is 0 Å². The fourth-order valence-corrected chi connectivity index (χ4v) is 5.50. The molecule has 6 heteroatoms. The summed E-state index contributed by atoms with van der Waals surface area (Å²) in [6.07, 6.45) is 4.83. The third-order valence-corrected chi connectivity index (χ3v) is 8.41. The molecule has 0 spiro atoms. The number of benzene rings is 2. The van der Waals surface area contributed by atoms with Gasteiger partial charge < -0.3 is 0 Å². The van der Waals surface area contributed by atoms with Crippen LogP contribution < -0.4 is 0 Å². The molecule has 0 saturated carbocycles. The van der Waals surface area contributed by atoms with Crippen molar-refractivity contribution < 1.29 is 17.6 Å². The highest BCUT2D eigenvalue weighted by atomic mass is 19.2. The second-order valence-electron chi connectivity index (χ2n) is 9.94. The molecule has 4 aromatic rings. The summed E-state index contributed by atoms with van der Waals surface area (Å²) in [6.45, 7) is 8.77. The number of rotatable bonds is 8. The largest absolute Gasteiger partial charge is 0.254 e. The van der Waals surface area contributed by atoms with Crippen LogP contribution in [0.1, 0.15) is 77.0 Å². The molecule has 0 fully saturated rings. The molecule has 36 heavy (non-hydrogen) atoms. The SMILES string of the molecule is CCC(C)(CC)c1c(F)c(F)c(C(CC)(CC)Cc2ccnc3c2ccc2cccnc23)c(F)c1F. The van der Waals surface area contributed by atoms with E-state index < -0.39 is 45.2 Å². The summed E-state index contributed by atoms with van der Waals surface area (Å²) in [5.74, 6) is -5.13. The second-order valence-corrected chi connectivity index (χ2v) is 9.94. The van der Waals surface area contributed by atoms with E-state index in [1.807, 2.05) is 24.3 Å². The van der Waals surface area contributed by atoms with Gasteiger partial charge in [-0.25, -0.2) is 17.6 Å². The summed E-state index contributed by atoms with van der Waals surface area (Å²) in [5.41, 5.74) is -0.966. The molecule has 0 aliphatic heterocycles. The highest BCUT2D eigenvalue weighted by Crippen LogP contribution is 2.45. The van der Waals surface area contributed by atoms with Gasteiger partial charge in [0.25, 0.3) is 0 Å². The lowest BCUT2D eigenvalue weighted by Gasteiger charge is -2.36. The molecule has 4 rings (SSSR count). The molecule has 2 aromatic heterocycles. The monoisotopic (exact) mass is 496 g/mol. The van der Waals surface area contributed by atoms with Crippen LogP contribution in [0, 0.1) is 23.3 Å². The molecule has 0 saturated heterocycles. The molecule has 0 unspecified atom stereocenters. The Morgan fingerprint density at radius 1 is 0.667 bits per heavy atom. The minimum Gasteiger partial charge on any atom is -0.254 e.